The van der Waals surface area contributed by atoms with Gasteiger partial charge in [0.1, 0.15) is 0 Å². The summed E-state index contributed by atoms with van der Waals surface area (Å²) in [6, 6.07) is 8.46. The summed E-state index contributed by atoms with van der Waals surface area (Å²) >= 11 is 0. The van der Waals surface area contributed by atoms with Crippen molar-refractivity contribution < 1.29 is 0 Å². The Morgan fingerprint density at radius 3 is 2.93 bits per heavy atom. The van der Waals surface area contributed by atoms with Gasteiger partial charge in [-0.1, -0.05) is 18.2 Å². The van der Waals surface area contributed by atoms with Gasteiger partial charge in [0.15, 0.2) is 0 Å². The van der Waals surface area contributed by atoms with Crippen molar-refractivity contribution in [2.75, 3.05) is 0 Å². The van der Waals surface area contributed by atoms with E-state index in [0.717, 1.165) is 6.54 Å². The summed E-state index contributed by atoms with van der Waals surface area (Å²) in [4.78, 5) is 3.30. The van der Waals surface area contributed by atoms with Crippen molar-refractivity contribution >= 4 is 10.9 Å². The molecule has 2 N–H and O–H groups in total. The Morgan fingerprint density at radius 1 is 1.33 bits per heavy atom. The van der Waals surface area contributed by atoms with E-state index in [1.54, 1.807) is 0 Å². The highest BCUT2D eigenvalue weighted by atomic mass is 15.0. The lowest BCUT2D eigenvalue weighted by Crippen LogP contribution is -2.26. The Labute approximate surface area is 89.7 Å². The first-order chi connectivity index (χ1) is 7.27. The molecule has 0 saturated heterocycles. The number of hydrogen-bond acceptors (Lipinski definition) is 1. The van der Waals surface area contributed by atoms with Crippen LogP contribution in [-0.2, 0) is 6.54 Å². The zero-order valence-electron chi connectivity index (χ0n) is 9.01. The molecule has 0 aliphatic heterocycles. The van der Waals surface area contributed by atoms with Gasteiger partial charge in [0.05, 0.1) is 0 Å². The third-order valence-electron chi connectivity index (χ3n) is 3.38. The number of rotatable bonds is 3. The summed E-state index contributed by atoms with van der Waals surface area (Å²) in [6.45, 7) is 3.27. The van der Waals surface area contributed by atoms with Gasteiger partial charge < -0.3 is 10.3 Å². The topological polar surface area (TPSA) is 27.8 Å². The minimum absolute atomic E-state index is 0.415. The Kier molecular flexibility index (Phi) is 1.86. The fourth-order valence-electron chi connectivity index (χ4n) is 1.95. The van der Waals surface area contributed by atoms with Crippen LogP contribution in [-0.4, -0.2) is 10.5 Å². The molecule has 1 aliphatic rings. The second-order valence-electron chi connectivity index (χ2n) is 4.77. The third-order valence-corrected chi connectivity index (χ3v) is 3.38. The molecule has 0 radical (unpaired) electrons. The van der Waals surface area contributed by atoms with E-state index in [1.165, 1.54) is 29.3 Å². The van der Waals surface area contributed by atoms with E-state index in [4.69, 9.17) is 0 Å². The predicted octanol–water partition coefficient (Wildman–Crippen LogP) is 2.81. The van der Waals surface area contributed by atoms with Gasteiger partial charge in [-0.15, -0.1) is 0 Å². The van der Waals surface area contributed by atoms with Crippen molar-refractivity contribution in [3.05, 3.63) is 36.0 Å². The average Bonchev–Trinajstić information content (AvgIpc) is 2.86. The zero-order valence-corrected chi connectivity index (χ0v) is 9.01. The predicted molar refractivity (Wildman–Crippen MR) is 62.8 cm³/mol. The summed E-state index contributed by atoms with van der Waals surface area (Å²) in [5.74, 6) is 0. The van der Waals surface area contributed by atoms with Crippen LogP contribution in [0.5, 0.6) is 0 Å². The van der Waals surface area contributed by atoms with Crippen molar-refractivity contribution in [1.82, 2.24) is 10.3 Å². The maximum Gasteiger partial charge on any atom is 0.0457 e. The molecule has 15 heavy (non-hydrogen) atoms. The number of benzene rings is 1. The minimum Gasteiger partial charge on any atom is -0.361 e. The summed E-state index contributed by atoms with van der Waals surface area (Å²) in [5, 5.41) is 4.95. The van der Waals surface area contributed by atoms with Crippen LogP contribution < -0.4 is 5.32 Å². The molecule has 78 valence electrons. The lowest BCUT2D eigenvalue weighted by molar-refractivity contribution is 0.539. The number of hydrogen-bond donors (Lipinski definition) is 2. The first kappa shape index (κ1) is 8.98. The molecule has 1 saturated carbocycles. The van der Waals surface area contributed by atoms with E-state index < -0.39 is 0 Å². The second-order valence-corrected chi connectivity index (χ2v) is 4.77. The van der Waals surface area contributed by atoms with Gasteiger partial charge in [0.2, 0.25) is 0 Å². The molecule has 1 aliphatic carbocycles. The quantitative estimate of drug-likeness (QED) is 0.783. The summed E-state index contributed by atoms with van der Waals surface area (Å²) in [5.41, 5.74) is 3.02. The highest BCUT2D eigenvalue weighted by molar-refractivity contribution is 5.82. The van der Waals surface area contributed by atoms with Crippen molar-refractivity contribution in [2.45, 2.75) is 31.8 Å². The van der Waals surface area contributed by atoms with E-state index in [1.807, 2.05) is 0 Å². The molecule has 1 aromatic carbocycles. The summed E-state index contributed by atoms with van der Waals surface area (Å²) in [7, 11) is 0. The maximum absolute atomic E-state index is 3.61. The van der Waals surface area contributed by atoms with Crippen LogP contribution >= 0.6 is 0 Å². The molecule has 1 fully saturated rings. The maximum atomic E-state index is 3.61. The van der Waals surface area contributed by atoms with Crippen LogP contribution in [0.2, 0.25) is 0 Å². The van der Waals surface area contributed by atoms with Crippen molar-refractivity contribution in [3.8, 4) is 0 Å². The number of fused-ring (bicyclic) bond motifs is 1. The van der Waals surface area contributed by atoms with Gasteiger partial charge in [-0.3, -0.25) is 0 Å². The minimum atomic E-state index is 0.415. The van der Waals surface area contributed by atoms with Crippen LogP contribution in [0, 0.1) is 0 Å². The van der Waals surface area contributed by atoms with Gasteiger partial charge in [0, 0.05) is 29.2 Å². The lowest BCUT2D eigenvalue weighted by Gasteiger charge is -2.10. The van der Waals surface area contributed by atoms with Crippen molar-refractivity contribution in [3.63, 3.8) is 0 Å². The summed E-state index contributed by atoms with van der Waals surface area (Å²) in [6.07, 6.45) is 4.74. The number of aromatic nitrogens is 1. The van der Waals surface area contributed by atoms with Gasteiger partial charge >= 0.3 is 0 Å². The second kappa shape index (κ2) is 3.11. The van der Waals surface area contributed by atoms with E-state index in [-0.39, 0.29) is 0 Å². The molecule has 1 heterocycles. The molecule has 1 aromatic heterocycles. The van der Waals surface area contributed by atoms with Crippen molar-refractivity contribution in [1.29, 1.82) is 0 Å². The first-order valence-electron chi connectivity index (χ1n) is 5.57. The number of nitrogens with one attached hydrogen (secondary N) is 2. The molecular formula is C13H16N2. The largest absolute Gasteiger partial charge is 0.361 e. The molecule has 0 bridgehead atoms. The Morgan fingerprint density at radius 2 is 2.13 bits per heavy atom. The molecule has 2 nitrogen and oxygen atoms in total. The monoisotopic (exact) mass is 200 g/mol. The molecule has 0 amide bonds. The molecule has 2 heteroatoms. The Balaban J connectivity index is 1.84. The van der Waals surface area contributed by atoms with E-state index >= 15 is 0 Å². The SMILES string of the molecule is CC1(NCc2c[nH]c3ccccc23)CC1. The smallest absolute Gasteiger partial charge is 0.0457 e. The molecule has 0 atom stereocenters. The number of para-hydroxylation sites is 1. The average molecular weight is 200 g/mol. The first-order valence-corrected chi connectivity index (χ1v) is 5.57. The highest BCUT2D eigenvalue weighted by Gasteiger charge is 2.36. The molecule has 3 rings (SSSR count). The third kappa shape index (κ3) is 1.65. The van der Waals surface area contributed by atoms with Gasteiger partial charge in [-0.2, -0.15) is 0 Å². The van der Waals surface area contributed by atoms with Crippen LogP contribution in [0.1, 0.15) is 25.3 Å². The summed E-state index contributed by atoms with van der Waals surface area (Å²) < 4.78 is 0. The fraction of sp³-hybridized carbons (Fsp3) is 0.385. The van der Waals surface area contributed by atoms with Crippen LogP contribution in [0.3, 0.4) is 0 Å². The molecule has 0 spiro atoms. The van der Waals surface area contributed by atoms with E-state index in [2.05, 4.69) is 47.7 Å². The Bertz CT molecular complexity index is 480. The van der Waals surface area contributed by atoms with Gasteiger partial charge in [0.25, 0.3) is 0 Å². The molecule has 2 aromatic rings. The van der Waals surface area contributed by atoms with E-state index in [9.17, 15) is 0 Å². The van der Waals surface area contributed by atoms with Crippen molar-refractivity contribution in [2.24, 2.45) is 0 Å². The van der Waals surface area contributed by atoms with Crippen LogP contribution in [0.4, 0.5) is 0 Å². The lowest BCUT2D eigenvalue weighted by atomic mass is 10.1. The standard InChI is InChI=1S/C13H16N2/c1-13(6-7-13)15-9-10-8-14-12-5-3-2-4-11(10)12/h2-5,8,14-15H,6-7,9H2,1H3. The number of H-pyrrole nitrogens is 1. The van der Waals surface area contributed by atoms with Crippen LogP contribution in [0.15, 0.2) is 30.5 Å². The van der Waals surface area contributed by atoms with Gasteiger partial charge in [-0.05, 0) is 31.4 Å². The normalized spacial score (nSPS) is 18.2. The zero-order chi connectivity index (χ0) is 10.3. The number of aromatic amines is 1. The molecule has 0 unspecified atom stereocenters. The highest BCUT2D eigenvalue weighted by Crippen LogP contribution is 2.34. The van der Waals surface area contributed by atoms with Crippen LogP contribution in [0.25, 0.3) is 10.9 Å². The Hall–Kier alpha value is -1.28. The molecular weight excluding hydrogens is 184 g/mol. The fourth-order valence-corrected chi connectivity index (χ4v) is 1.95. The van der Waals surface area contributed by atoms with E-state index in [0.29, 0.717) is 5.54 Å². The van der Waals surface area contributed by atoms with Gasteiger partial charge in [-0.25, -0.2) is 0 Å².